The van der Waals surface area contributed by atoms with E-state index in [-0.39, 0.29) is 24.5 Å². The summed E-state index contributed by atoms with van der Waals surface area (Å²) in [7, 11) is 0. The third-order valence-corrected chi connectivity index (χ3v) is 3.63. The molecule has 2 aromatic rings. The predicted molar refractivity (Wildman–Crippen MR) is 108 cm³/mol. The molecule has 0 heterocycles. The molecule has 0 fully saturated rings. The molecule has 6 heteroatoms. The van der Waals surface area contributed by atoms with E-state index in [2.05, 4.69) is 16.0 Å². The SMILES string of the molecule is CCCNC(=O)c1cccc(NC(=O)CNc2ccccc2OC(C)C)c1. The molecule has 0 saturated heterocycles. The second kappa shape index (κ2) is 10.2. The average Bonchev–Trinajstić information content (AvgIpc) is 2.65. The van der Waals surface area contributed by atoms with Crippen LogP contribution in [0.4, 0.5) is 11.4 Å². The van der Waals surface area contributed by atoms with Gasteiger partial charge in [-0.2, -0.15) is 0 Å². The van der Waals surface area contributed by atoms with Crippen LogP contribution in [0.1, 0.15) is 37.6 Å². The highest BCUT2D eigenvalue weighted by Crippen LogP contribution is 2.24. The van der Waals surface area contributed by atoms with Gasteiger partial charge in [-0.15, -0.1) is 0 Å². The summed E-state index contributed by atoms with van der Waals surface area (Å²) in [6, 6.07) is 14.4. The zero-order valence-corrected chi connectivity index (χ0v) is 16.0. The van der Waals surface area contributed by atoms with Gasteiger partial charge in [0.25, 0.3) is 5.91 Å². The topological polar surface area (TPSA) is 79.5 Å². The summed E-state index contributed by atoms with van der Waals surface area (Å²) in [6.45, 7) is 6.61. The number of ether oxygens (including phenoxy) is 1. The molecule has 144 valence electrons. The molecule has 2 aromatic carbocycles. The summed E-state index contributed by atoms with van der Waals surface area (Å²) >= 11 is 0. The minimum Gasteiger partial charge on any atom is -0.489 e. The Labute approximate surface area is 160 Å². The highest BCUT2D eigenvalue weighted by Gasteiger charge is 2.09. The molecule has 6 nitrogen and oxygen atoms in total. The molecular weight excluding hydrogens is 342 g/mol. The summed E-state index contributed by atoms with van der Waals surface area (Å²) in [5, 5.41) is 8.71. The molecule has 0 aliphatic rings. The van der Waals surface area contributed by atoms with Crippen molar-refractivity contribution in [3.8, 4) is 5.75 Å². The molecule has 0 aromatic heterocycles. The standard InChI is InChI=1S/C21H27N3O3/c1-4-12-22-21(26)16-8-7-9-17(13-16)24-20(25)14-23-18-10-5-6-11-19(18)27-15(2)3/h5-11,13,15,23H,4,12,14H2,1-3H3,(H,22,26)(H,24,25). The Morgan fingerprint density at radius 3 is 2.59 bits per heavy atom. The number of rotatable bonds is 9. The van der Waals surface area contributed by atoms with Crippen LogP contribution in [0.3, 0.4) is 0 Å². The van der Waals surface area contributed by atoms with E-state index in [1.165, 1.54) is 0 Å². The van der Waals surface area contributed by atoms with Gasteiger partial charge in [-0.1, -0.05) is 25.1 Å². The normalized spacial score (nSPS) is 10.4. The predicted octanol–water partition coefficient (Wildman–Crippen LogP) is 3.66. The monoisotopic (exact) mass is 369 g/mol. The third kappa shape index (κ3) is 6.66. The van der Waals surface area contributed by atoms with Crippen LogP contribution in [0.25, 0.3) is 0 Å². The molecule has 2 rings (SSSR count). The van der Waals surface area contributed by atoms with Gasteiger partial charge in [0.15, 0.2) is 0 Å². The van der Waals surface area contributed by atoms with Crippen LogP contribution in [-0.4, -0.2) is 31.0 Å². The van der Waals surface area contributed by atoms with Gasteiger partial charge >= 0.3 is 0 Å². The largest absolute Gasteiger partial charge is 0.489 e. The van der Waals surface area contributed by atoms with Crippen molar-refractivity contribution >= 4 is 23.2 Å². The number of nitrogens with one attached hydrogen (secondary N) is 3. The summed E-state index contributed by atoms with van der Waals surface area (Å²) in [5.41, 5.74) is 1.86. The fourth-order valence-corrected chi connectivity index (χ4v) is 2.43. The highest BCUT2D eigenvalue weighted by molar-refractivity contribution is 5.98. The van der Waals surface area contributed by atoms with Crippen molar-refractivity contribution in [2.75, 3.05) is 23.7 Å². The van der Waals surface area contributed by atoms with Crippen LogP contribution in [0.2, 0.25) is 0 Å². The molecular formula is C21H27N3O3. The van der Waals surface area contributed by atoms with E-state index in [0.717, 1.165) is 12.1 Å². The lowest BCUT2D eigenvalue weighted by Gasteiger charge is -2.15. The second-order valence-electron chi connectivity index (χ2n) is 6.40. The van der Waals surface area contributed by atoms with Crippen LogP contribution >= 0.6 is 0 Å². The van der Waals surface area contributed by atoms with Crippen LogP contribution < -0.4 is 20.7 Å². The maximum atomic E-state index is 12.3. The Morgan fingerprint density at radius 2 is 1.85 bits per heavy atom. The Balaban J connectivity index is 1.94. The van der Waals surface area contributed by atoms with Crippen molar-refractivity contribution in [2.24, 2.45) is 0 Å². The molecule has 0 aliphatic carbocycles. The van der Waals surface area contributed by atoms with Gasteiger partial charge in [-0.3, -0.25) is 9.59 Å². The Hall–Kier alpha value is -3.02. The first-order valence-electron chi connectivity index (χ1n) is 9.17. The smallest absolute Gasteiger partial charge is 0.251 e. The maximum absolute atomic E-state index is 12.3. The lowest BCUT2D eigenvalue weighted by atomic mass is 10.2. The summed E-state index contributed by atoms with van der Waals surface area (Å²) in [4.78, 5) is 24.3. The number of hydrogen-bond donors (Lipinski definition) is 3. The van der Waals surface area contributed by atoms with Crippen molar-refractivity contribution < 1.29 is 14.3 Å². The zero-order chi connectivity index (χ0) is 19.6. The molecule has 0 bridgehead atoms. The fourth-order valence-electron chi connectivity index (χ4n) is 2.43. The van der Waals surface area contributed by atoms with Crippen molar-refractivity contribution in [3.05, 3.63) is 54.1 Å². The third-order valence-electron chi connectivity index (χ3n) is 3.63. The number of carbonyl (C=O) groups is 2. The Morgan fingerprint density at radius 1 is 1.07 bits per heavy atom. The van der Waals surface area contributed by atoms with Crippen LogP contribution in [-0.2, 0) is 4.79 Å². The minimum atomic E-state index is -0.208. The molecule has 2 amide bonds. The Bertz CT molecular complexity index is 775. The van der Waals surface area contributed by atoms with Gasteiger partial charge in [0.05, 0.1) is 18.3 Å². The summed E-state index contributed by atoms with van der Waals surface area (Å²) in [6.07, 6.45) is 0.916. The van der Waals surface area contributed by atoms with E-state index in [0.29, 0.717) is 23.5 Å². The van der Waals surface area contributed by atoms with Crippen molar-refractivity contribution in [1.82, 2.24) is 5.32 Å². The van der Waals surface area contributed by atoms with E-state index in [1.807, 2.05) is 45.0 Å². The number of anilines is 2. The van der Waals surface area contributed by atoms with Gasteiger partial charge in [-0.05, 0) is 50.6 Å². The first-order chi connectivity index (χ1) is 13.0. The number of para-hydroxylation sites is 2. The van der Waals surface area contributed by atoms with Crippen molar-refractivity contribution in [3.63, 3.8) is 0 Å². The molecule has 0 unspecified atom stereocenters. The second-order valence-corrected chi connectivity index (χ2v) is 6.40. The molecule has 0 aliphatic heterocycles. The quantitative estimate of drug-likeness (QED) is 0.630. The molecule has 3 N–H and O–H groups in total. The molecule has 0 radical (unpaired) electrons. The Kier molecular flexibility index (Phi) is 7.67. The van der Waals surface area contributed by atoms with Gasteiger partial charge in [0.2, 0.25) is 5.91 Å². The molecule has 0 saturated carbocycles. The van der Waals surface area contributed by atoms with E-state index < -0.39 is 0 Å². The number of carbonyl (C=O) groups excluding carboxylic acids is 2. The van der Waals surface area contributed by atoms with Crippen LogP contribution in [0.15, 0.2) is 48.5 Å². The van der Waals surface area contributed by atoms with Gasteiger partial charge in [0, 0.05) is 17.8 Å². The molecule has 27 heavy (non-hydrogen) atoms. The number of hydrogen-bond acceptors (Lipinski definition) is 4. The fraction of sp³-hybridized carbons (Fsp3) is 0.333. The lowest BCUT2D eigenvalue weighted by molar-refractivity contribution is -0.114. The van der Waals surface area contributed by atoms with Gasteiger partial charge < -0.3 is 20.7 Å². The molecule has 0 spiro atoms. The van der Waals surface area contributed by atoms with E-state index in [1.54, 1.807) is 24.3 Å². The van der Waals surface area contributed by atoms with Gasteiger partial charge in [0.1, 0.15) is 5.75 Å². The van der Waals surface area contributed by atoms with Crippen molar-refractivity contribution in [2.45, 2.75) is 33.3 Å². The van der Waals surface area contributed by atoms with E-state index in [9.17, 15) is 9.59 Å². The van der Waals surface area contributed by atoms with Gasteiger partial charge in [-0.25, -0.2) is 0 Å². The average molecular weight is 369 g/mol. The van der Waals surface area contributed by atoms with Crippen molar-refractivity contribution in [1.29, 1.82) is 0 Å². The number of benzene rings is 2. The van der Waals surface area contributed by atoms with E-state index in [4.69, 9.17) is 4.74 Å². The van der Waals surface area contributed by atoms with Crippen LogP contribution in [0.5, 0.6) is 5.75 Å². The minimum absolute atomic E-state index is 0.0448. The number of amides is 2. The van der Waals surface area contributed by atoms with E-state index >= 15 is 0 Å². The molecule has 0 atom stereocenters. The zero-order valence-electron chi connectivity index (χ0n) is 16.0. The maximum Gasteiger partial charge on any atom is 0.251 e. The highest BCUT2D eigenvalue weighted by atomic mass is 16.5. The lowest BCUT2D eigenvalue weighted by Crippen LogP contribution is -2.25. The van der Waals surface area contributed by atoms with Crippen LogP contribution in [0, 0.1) is 0 Å². The first kappa shape index (κ1) is 20.3. The summed E-state index contributed by atoms with van der Waals surface area (Å²) < 4.78 is 5.73. The first-order valence-corrected chi connectivity index (χ1v) is 9.17. The summed E-state index contributed by atoms with van der Waals surface area (Å²) in [5.74, 6) is 0.348.